The molecule has 1 unspecified atom stereocenters. The highest BCUT2D eigenvalue weighted by molar-refractivity contribution is 7.36. The highest BCUT2D eigenvalue weighted by Crippen LogP contribution is 2.22. The van der Waals surface area contributed by atoms with Crippen LogP contribution in [0.15, 0.2) is 41.1 Å². The van der Waals surface area contributed by atoms with Crippen molar-refractivity contribution in [3.63, 3.8) is 0 Å². The molecule has 1 atom stereocenters. The van der Waals surface area contributed by atoms with E-state index >= 15 is 0 Å². The van der Waals surface area contributed by atoms with E-state index in [1.54, 1.807) is 18.2 Å². The van der Waals surface area contributed by atoms with Crippen molar-refractivity contribution in [3.05, 3.63) is 47.6 Å². The predicted molar refractivity (Wildman–Crippen MR) is 63.3 cm³/mol. The molecule has 0 radical (unpaired) electrons. The van der Waals surface area contributed by atoms with Gasteiger partial charge in [0.2, 0.25) is 5.12 Å². The van der Waals surface area contributed by atoms with E-state index < -0.39 is 7.65 Å². The second-order valence-electron chi connectivity index (χ2n) is 3.11. The van der Waals surface area contributed by atoms with Crippen LogP contribution in [0.2, 0.25) is 0 Å². The van der Waals surface area contributed by atoms with Gasteiger partial charge < -0.3 is 0 Å². The number of allylic oxidation sites excluding steroid dienone is 1. The molecule has 0 N–H and O–H groups in total. The van der Waals surface area contributed by atoms with E-state index in [9.17, 15) is 4.57 Å². The number of rotatable bonds is 1. The largest absolute Gasteiger partial charge is 0.597 e. The van der Waals surface area contributed by atoms with Crippen molar-refractivity contribution in [2.75, 3.05) is 0 Å². The van der Waals surface area contributed by atoms with E-state index in [4.69, 9.17) is 4.20 Å². The summed E-state index contributed by atoms with van der Waals surface area (Å²) in [4.78, 5) is 0. The van der Waals surface area contributed by atoms with Crippen LogP contribution in [0.5, 0.6) is 0 Å². The molecular formula is C12H10O2P+. The third kappa shape index (κ3) is 1.64. The fourth-order valence-corrected chi connectivity index (χ4v) is 2.51. The summed E-state index contributed by atoms with van der Waals surface area (Å²) in [5, 5.41) is 2.34. The Morgan fingerprint density at radius 2 is 2.07 bits per heavy atom. The second-order valence-corrected chi connectivity index (χ2v) is 4.29. The van der Waals surface area contributed by atoms with Crippen molar-refractivity contribution in [3.8, 4) is 0 Å². The van der Waals surface area contributed by atoms with Crippen LogP contribution in [-0.4, -0.2) is 0 Å². The molecule has 15 heavy (non-hydrogen) atoms. The lowest BCUT2D eigenvalue weighted by Gasteiger charge is -1.88. The van der Waals surface area contributed by atoms with Gasteiger partial charge in [0, 0.05) is 10.6 Å². The lowest BCUT2D eigenvalue weighted by atomic mass is 10.2. The SMILES string of the molecule is C=CC=c1o[p+](=O)c2ccccc2c1=C. The molecular weight excluding hydrogens is 207 g/mol. The van der Waals surface area contributed by atoms with Crippen LogP contribution >= 0.6 is 7.65 Å². The Labute approximate surface area is 87.7 Å². The zero-order valence-corrected chi connectivity index (χ0v) is 9.04. The summed E-state index contributed by atoms with van der Waals surface area (Å²) in [6.45, 7) is 7.50. The van der Waals surface area contributed by atoms with Gasteiger partial charge in [0.05, 0.1) is 0 Å². The molecule has 0 saturated heterocycles. The van der Waals surface area contributed by atoms with Gasteiger partial charge in [-0.25, -0.2) is 4.20 Å². The van der Waals surface area contributed by atoms with Crippen LogP contribution in [0.3, 0.4) is 0 Å². The minimum atomic E-state index is -1.81. The molecule has 0 fully saturated rings. The Hall–Kier alpha value is -1.66. The van der Waals surface area contributed by atoms with E-state index in [0.717, 1.165) is 10.6 Å². The summed E-state index contributed by atoms with van der Waals surface area (Å²) in [5.74, 6) is 0. The summed E-state index contributed by atoms with van der Waals surface area (Å²) >= 11 is 0. The van der Waals surface area contributed by atoms with E-state index in [-0.39, 0.29) is 0 Å². The van der Waals surface area contributed by atoms with Gasteiger partial charge in [-0.05, 0) is 22.8 Å². The van der Waals surface area contributed by atoms with Crippen molar-refractivity contribution in [1.29, 1.82) is 0 Å². The summed E-state index contributed by atoms with van der Waals surface area (Å²) in [6, 6.07) is 7.42. The fourth-order valence-electron chi connectivity index (χ4n) is 1.45. The summed E-state index contributed by atoms with van der Waals surface area (Å²) in [6.07, 6.45) is 3.27. The molecule has 0 saturated carbocycles. The van der Waals surface area contributed by atoms with Gasteiger partial charge in [0.25, 0.3) is 0 Å². The van der Waals surface area contributed by atoms with E-state index in [2.05, 4.69) is 13.2 Å². The normalized spacial score (nSPS) is 13.1. The Balaban J connectivity index is 3.11. The second kappa shape index (κ2) is 3.84. The molecule has 1 aromatic carbocycles. The Bertz CT molecular complexity index is 683. The molecule has 0 spiro atoms. The average molecular weight is 217 g/mol. The van der Waals surface area contributed by atoms with Gasteiger partial charge >= 0.3 is 7.65 Å². The molecule has 3 heteroatoms. The van der Waals surface area contributed by atoms with Gasteiger partial charge in [-0.2, -0.15) is 0 Å². The molecule has 0 aliphatic rings. The molecule has 0 bridgehead atoms. The maximum atomic E-state index is 11.7. The molecule has 1 heterocycles. The van der Waals surface area contributed by atoms with Crippen LogP contribution in [-0.2, 0) is 4.57 Å². The van der Waals surface area contributed by atoms with Crippen LogP contribution in [0.1, 0.15) is 0 Å². The first-order valence-corrected chi connectivity index (χ1v) is 5.68. The lowest BCUT2D eigenvalue weighted by Crippen LogP contribution is -2.22. The molecule has 2 nitrogen and oxygen atoms in total. The van der Waals surface area contributed by atoms with Crippen LogP contribution < -0.4 is 10.6 Å². The van der Waals surface area contributed by atoms with Gasteiger partial charge in [0.15, 0.2) is 5.42 Å². The minimum absolute atomic E-state index is 0.532. The molecule has 0 aliphatic heterocycles. The maximum Gasteiger partial charge on any atom is 0.597 e. The topological polar surface area (TPSA) is 30.2 Å². The number of fused-ring (bicyclic) bond motifs is 1. The molecule has 1 aromatic heterocycles. The smallest absolute Gasteiger partial charge is 0.250 e. The highest BCUT2D eigenvalue weighted by Gasteiger charge is 2.11. The standard InChI is InChI=1S/C12H10O2P/c1-3-6-11-9(2)10-7-4-5-8-12(10)15(13)14-11/h3-8H,1-2H2/q+1. The Morgan fingerprint density at radius 1 is 1.33 bits per heavy atom. The zero-order valence-electron chi connectivity index (χ0n) is 8.14. The molecule has 74 valence electrons. The number of hydrogen-bond donors (Lipinski definition) is 0. The quantitative estimate of drug-likeness (QED) is 0.734. The fraction of sp³-hybridized carbons (Fsp3) is 0. The van der Waals surface area contributed by atoms with Gasteiger partial charge in [0.1, 0.15) is 0 Å². The first-order valence-electron chi connectivity index (χ1n) is 4.50. The molecule has 2 aromatic rings. The van der Waals surface area contributed by atoms with E-state index in [0.29, 0.717) is 10.5 Å². The van der Waals surface area contributed by atoms with Gasteiger partial charge in [-0.15, -0.1) is 0 Å². The average Bonchev–Trinajstić information content (AvgIpc) is 2.26. The van der Waals surface area contributed by atoms with Crippen LogP contribution in [0, 0.1) is 0 Å². The van der Waals surface area contributed by atoms with Crippen molar-refractivity contribution in [2.24, 2.45) is 0 Å². The Kier molecular flexibility index (Phi) is 2.53. The minimum Gasteiger partial charge on any atom is -0.250 e. The van der Waals surface area contributed by atoms with Crippen molar-refractivity contribution < 1.29 is 8.76 Å². The third-order valence-corrected chi connectivity index (χ3v) is 3.32. The molecule has 0 aliphatic carbocycles. The van der Waals surface area contributed by atoms with Crippen LogP contribution in [0.25, 0.3) is 23.2 Å². The first kappa shape index (κ1) is 9.88. The summed E-state index contributed by atoms with van der Waals surface area (Å²) in [5.41, 5.74) is 0.532. The Morgan fingerprint density at radius 3 is 2.80 bits per heavy atom. The molecule has 0 amide bonds. The maximum absolute atomic E-state index is 11.7. The van der Waals surface area contributed by atoms with Crippen molar-refractivity contribution in [1.82, 2.24) is 0 Å². The highest BCUT2D eigenvalue weighted by atomic mass is 31.1. The molecule has 2 rings (SSSR count). The van der Waals surface area contributed by atoms with Gasteiger partial charge in [-0.3, -0.25) is 0 Å². The monoisotopic (exact) mass is 217 g/mol. The van der Waals surface area contributed by atoms with Gasteiger partial charge in [-0.1, -0.05) is 31.4 Å². The number of benzene rings is 1. The summed E-state index contributed by atoms with van der Waals surface area (Å²) < 4.78 is 17.0. The lowest BCUT2D eigenvalue weighted by molar-refractivity contribution is 0.536. The van der Waals surface area contributed by atoms with Crippen LogP contribution in [0.4, 0.5) is 0 Å². The summed E-state index contributed by atoms with van der Waals surface area (Å²) in [7, 11) is -1.81. The zero-order chi connectivity index (χ0) is 10.8. The van der Waals surface area contributed by atoms with E-state index in [1.807, 2.05) is 18.2 Å². The predicted octanol–water partition coefficient (Wildman–Crippen LogP) is 2.55. The van der Waals surface area contributed by atoms with Crippen molar-refractivity contribution >= 4 is 30.8 Å². The first-order chi connectivity index (χ1) is 7.24. The third-order valence-electron chi connectivity index (χ3n) is 2.17. The van der Waals surface area contributed by atoms with E-state index in [1.165, 1.54) is 0 Å². The number of hydrogen-bond acceptors (Lipinski definition) is 2. The van der Waals surface area contributed by atoms with Crippen molar-refractivity contribution in [2.45, 2.75) is 0 Å².